The molecule has 1 heterocycles. The van der Waals surface area contributed by atoms with Crippen LogP contribution in [0.2, 0.25) is 0 Å². The lowest BCUT2D eigenvalue weighted by Crippen LogP contribution is -2.40. The molecule has 1 aromatic heterocycles. The number of hydrogen-bond acceptors (Lipinski definition) is 3. The Balaban J connectivity index is 2.75. The zero-order valence-electron chi connectivity index (χ0n) is 11.5. The van der Waals surface area contributed by atoms with Crippen LogP contribution in [0.25, 0.3) is 0 Å². The molecule has 0 spiro atoms. The van der Waals surface area contributed by atoms with E-state index < -0.39 is 29.0 Å². The molecule has 1 aromatic rings. The third kappa shape index (κ3) is 4.17. The first-order valence-corrected chi connectivity index (χ1v) is 6.15. The van der Waals surface area contributed by atoms with Crippen LogP contribution >= 0.6 is 0 Å². The number of hydrogen-bond donors (Lipinski definition) is 2. The standard InChI is InChI=1S/C13H15F3N2O3/c1-3-12(2,11(20)21)7-18-10(19)9-5-4-8(6-17-9)13(14,15)16/h4-6H,3,7H2,1-2H3,(H,18,19)(H,20,21). The monoisotopic (exact) mass is 304 g/mol. The molecule has 0 fully saturated rings. The highest BCUT2D eigenvalue weighted by Gasteiger charge is 2.32. The molecular formula is C13H15F3N2O3. The SMILES string of the molecule is CCC(C)(CNC(=O)c1ccc(C(F)(F)F)cn1)C(=O)O. The first-order chi connectivity index (χ1) is 9.60. The van der Waals surface area contributed by atoms with E-state index in [1.807, 2.05) is 0 Å². The van der Waals surface area contributed by atoms with Crippen molar-refractivity contribution in [2.45, 2.75) is 26.4 Å². The van der Waals surface area contributed by atoms with E-state index in [0.29, 0.717) is 12.6 Å². The van der Waals surface area contributed by atoms with Gasteiger partial charge in [0.05, 0.1) is 11.0 Å². The predicted molar refractivity (Wildman–Crippen MR) is 67.6 cm³/mol. The van der Waals surface area contributed by atoms with Crippen molar-refractivity contribution in [1.29, 1.82) is 0 Å². The Hall–Kier alpha value is -2.12. The highest BCUT2D eigenvalue weighted by atomic mass is 19.4. The molecule has 1 amide bonds. The highest BCUT2D eigenvalue weighted by Crippen LogP contribution is 2.28. The molecule has 0 aliphatic carbocycles. The summed E-state index contributed by atoms with van der Waals surface area (Å²) >= 11 is 0. The van der Waals surface area contributed by atoms with E-state index in [4.69, 9.17) is 5.11 Å². The van der Waals surface area contributed by atoms with Crippen LogP contribution in [0.5, 0.6) is 0 Å². The van der Waals surface area contributed by atoms with Crippen LogP contribution in [0, 0.1) is 5.41 Å². The number of carboxylic acid groups (broad SMARTS) is 1. The van der Waals surface area contributed by atoms with Crippen molar-refractivity contribution in [3.05, 3.63) is 29.6 Å². The van der Waals surface area contributed by atoms with Crippen molar-refractivity contribution in [1.82, 2.24) is 10.3 Å². The van der Waals surface area contributed by atoms with E-state index in [0.717, 1.165) is 12.1 Å². The fourth-order valence-corrected chi connectivity index (χ4v) is 1.41. The Morgan fingerprint density at radius 3 is 2.33 bits per heavy atom. The quantitative estimate of drug-likeness (QED) is 0.875. The summed E-state index contributed by atoms with van der Waals surface area (Å²) in [6.07, 6.45) is -3.67. The summed E-state index contributed by atoms with van der Waals surface area (Å²) in [5, 5.41) is 11.4. The summed E-state index contributed by atoms with van der Waals surface area (Å²) in [5.41, 5.74) is -2.29. The van der Waals surface area contributed by atoms with Gasteiger partial charge in [-0.3, -0.25) is 14.6 Å². The van der Waals surface area contributed by atoms with Crippen molar-refractivity contribution in [3.63, 3.8) is 0 Å². The molecule has 0 saturated carbocycles. The largest absolute Gasteiger partial charge is 0.481 e. The molecule has 0 aromatic carbocycles. The summed E-state index contributed by atoms with van der Waals surface area (Å²) in [4.78, 5) is 26.2. The van der Waals surface area contributed by atoms with Gasteiger partial charge in [-0.1, -0.05) is 6.92 Å². The number of pyridine rings is 1. The molecule has 1 rings (SSSR count). The molecule has 0 saturated heterocycles. The lowest BCUT2D eigenvalue weighted by molar-refractivity contribution is -0.147. The van der Waals surface area contributed by atoms with Gasteiger partial charge in [0.15, 0.2) is 0 Å². The fourth-order valence-electron chi connectivity index (χ4n) is 1.41. The van der Waals surface area contributed by atoms with E-state index in [1.165, 1.54) is 6.92 Å². The number of aliphatic carboxylic acids is 1. The van der Waals surface area contributed by atoms with Crippen molar-refractivity contribution in [3.8, 4) is 0 Å². The molecule has 0 bridgehead atoms. The first kappa shape index (κ1) is 16.9. The van der Waals surface area contributed by atoms with Crippen LogP contribution in [0.15, 0.2) is 18.3 Å². The molecule has 0 aliphatic heterocycles. The van der Waals surface area contributed by atoms with E-state index >= 15 is 0 Å². The second kappa shape index (κ2) is 6.11. The number of nitrogens with zero attached hydrogens (tertiary/aromatic N) is 1. The fraction of sp³-hybridized carbons (Fsp3) is 0.462. The van der Waals surface area contributed by atoms with Gasteiger partial charge in [-0.05, 0) is 25.5 Å². The van der Waals surface area contributed by atoms with Gasteiger partial charge in [0.25, 0.3) is 5.91 Å². The zero-order valence-corrected chi connectivity index (χ0v) is 11.5. The minimum Gasteiger partial charge on any atom is -0.481 e. The number of carbonyl (C=O) groups is 2. The van der Waals surface area contributed by atoms with Crippen LogP contribution in [0.1, 0.15) is 36.3 Å². The third-order valence-electron chi connectivity index (χ3n) is 3.26. The lowest BCUT2D eigenvalue weighted by atomic mass is 9.88. The Morgan fingerprint density at radius 2 is 1.95 bits per heavy atom. The maximum Gasteiger partial charge on any atom is 0.417 e. The average Bonchev–Trinajstić information content (AvgIpc) is 2.43. The first-order valence-electron chi connectivity index (χ1n) is 6.15. The van der Waals surface area contributed by atoms with Gasteiger partial charge in [0.1, 0.15) is 5.69 Å². The van der Waals surface area contributed by atoms with Crippen LogP contribution < -0.4 is 5.32 Å². The molecular weight excluding hydrogens is 289 g/mol. The summed E-state index contributed by atoms with van der Waals surface area (Å²) in [5.74, 6) is -1.78. The van der Waals surface area contributed by atoms with Crippen LogP contribution in [0.4, 0.5) is 13.2 Å². The Morgan fingerprint density at radius 1 is 1.33 bits per heavy atom. The van der Waals surface area contributed by atoms with E-state index in [9.17, 15) is 22.8 Å². The van der Waals surface area contributed by atoms with Gasteiger partial charge in [-0.2, -0.15) is 13.2 Å². The number of alkyl halides is 3. The van der Waals surface area contributed by atoms with Gasteiger partial charge in [-0.25, -0.2) is 0 Å². The summed E-state index contributed by atoms with van der Waals surface area (Å²) in [6.45, 7) is 2.99. The molecule has 1 atom stereocenters. The van der Waals surface area contributed by atoms with Gasteiger partial charge in [0, 0.05) is 12.7 Å². The maximum atomic E-state index is 12.4. The second-order valence-corrected chi connectivity index (χ2v) is 4.83. The maximum absolute atomic E-state index is 12.4. The third-order valence-corrected chi connectivity index (χ3v) is 3.26. The normalized spacial score (nSPS) is 14.3. The molecule has 8 heteroatoms. The minimum atomic E-state index is -4.52. The average molecular weight is 304 g/mol. The molecule has 0 radical (unpaired) electrons. The van der Waals surface area contributed by atoms with E-state index in [-0.39, 0.29) is 12.2 Å². The molecule has 1 unspecified atom stereocenters. The second-order valence-electron chi connectivity index (χ2n) is 4.83. The molecule has 21 heavy (non-hydrogen) atoms. The molecule has 0 aliphatic rings. The smallest absolute Gasteiger partial charge is 0.417 e. The van der Waals surface area contributed by atoms with Crippen molar-refractivity contribution in [2.75, 3.05) is 6.54 Å². The number of aromatic nitrogens is 1. The van der Waals surface area contributed by atoms with Crippen LogP contribution in [-0.2, 0) is 11.0 Å². The van der Waals surface area contributed by atoms with E-state index in [2.05, 4.69) is 10.3 Å². The number of rotatable bonds is 5. The topological polar surface area (TPSA) is 79.3 Å². The van der Waals surface area contributed by atoms with Gasteiger partial charge < -0.3 is 10.4 Å². The minimum absolute atomic E-state index is 0.139. The van der Waals surface area contributed by atoms with Gasteiger partial charge >= 0.3 is 12.1 Å². The summed E-state index contributed by atoms with van der Waals surface area (Å²) in [7, 11) is 0. The Labute approximate surface area is 119 Å². The number of halogens is 3. The zero-order chi connectivity index (χ0) is 16.3. The van der Waals surface area contributed by atoms with Crippen molar-refractivity contribution in [2.24, 2.45) is 5.41 Å². The summed E-state index contributed by atoms with van der Waals surface area (Å²) < 4.78 is 37.1. The van der Waals surface area contributed by atoms with Gasteiger partial charge in [0.2, 0.25) is 0 Å². The van der Waals surface area contributed by atoms with Crippen LogP contribution in [0.3, 0.4) is 0 Å². The van der Waals surface area contributed by atoms with Crippen molar-refractivity contribution < 1.29 is 27.9 Å². The number of amides is 1. The number of nitrogens with one attached hydrogen (secondary N) is 1. The predicted octanol–water partition coefficient (Wildman–Crippen LogP) is 2.33. The molecule has 2 N–H and O–H groups in total. The van der Waals surface area contributed by atoms with Crippen molar-refractivity contribution >= 4 is 11.9 Å². The van der Waals surface area contributed by atoms with Gasteiger partial charge in [-0.15, -0.1) is 0 Å². The molecule has 116 valence electrons. The molecule has 5 nitrogen and oxygen atoms in total. The Bertz CT molecular complexity index is 528. The summed E-state index contributed by atoms with van der Waals surface area (Å²) in [6, 6.07) is 1.69. The van der Waals surface area contributed by atoms with E-state index in [1.54, 1.807) is 6.92 Å². The number of carboxylic acids is 1. The lowest BCUT2D eigenvalue weighted by Gasteiger charge is -2.23. The number of carbonyl (C=O) groups excluding carboxylic acids is 1. The van der Waals surface area contributed by atoms with Crippen LogP contribution in [-0.4, -0.2) is 28.5 Å². The Kier molecular flexibility index (Phi) is 4.93. The highest BCUT2D eigenvalue weighted by molar-refractivity contribution is 5.92.